The van der Waals surface area contributed by atoms with Gasteiger partial charge in [-0.2, -0.15) is 0 Å². The second-order valence-electron chi connectivity index (χ2n) is 6.54. The van der Waals surface area contributed by atoms with Crippen LogP contribution in [0, 0.1) is 13.8 Å². The largest absolute Gasteiger partial charge is 0.411 e. The minimum atomic E-state index is -3.02. The molecule has 1 aliphatic heterocycles. The van der Waals surface area contributed by atoms with E-state index in [1.807, 2.05) is 32.0 Å². The molecule has 1 saturated heterocycles. The van der Waals surface area contributed by atoms with Crippen LogP contribution in [0.15, 0.2) is 27.8 Å². The van der Waals surface area contributed by atoms with E-state index >= 15 is 0 Å². The van der Waals surface area contributed by atoms with Gasteiger partial charge in [0.2, 0.25) is 11.8 Å². The smallest absolute Gasteiger partial charge is 0.277 e. The first-order valence-electron chi connectivity index (χ1n) is 8.32. The van der Waals surface area contributed by atoms with Crippen LogP contribution in [0.4, 0.5) is 0 Å². The Hall–Kier alpha value is -1.87. The summed E-state index contributed by atoms with van der Waals surface area (Å²) in [6, 6.07) is 5.58. The van der Waals surface area contributed by atoms with Gasteiger partial charge in [-0.25, -0.2) is 8.42 Å². The number of aromatic nitrogens is 2. The molecule has 140 valence electrons. The summed E-state index contributed by atoms with van der Waals surface area (Å²) < 4.78 is 28.6. The van der Waals surface area contributed by atoms with Crippen LogP contribution in [0.1, 0.15) is 24.5 Å². The lowest BCUT2D eigenvalue weighted by Gasteiger charge is -2.14. The second kappa shape index (κ2) is 7.40. The number of hydrogen-bond donors (Lipinski definition) is 1. The zero-order chi connectivity index (χ0) is 18.9. The van der Waals surface area contributed by atoms with Crippen molar-refractivity contribution in [1.29, 1.82) is 0 Å². The van der Waals surface area contributed by atoms with Crippen molar-refractivity contribution in [3.05, 3.63) is 29.3 Å². The summed E-state index contributed by atoms with van der Waals surface area (Å²) in [4.78, 5) is 12.3. The molecule has 1 aromatic heterocycles. The molecule has 0 aliphatic carbocycles. The van der Waals surface area contributed by atoms with E-state index < -0.39 is 15.1 Å². The van der Waals surface area contributed by atoms with Crippen LogP contribution in [-0.2, 0) is 14.6 Å². The minimum absolute atomic E-state index is 0.00755. The first-order valence-corrected chi connectivity index (χ1v) is 11.0. The van der Waals surface area contributed by atoms with Crippen LogP contribution in [0.2, 0.25) is 0 Å². The molecule has 26 heavy (non-hydrogen) atoms. The standard InChI is InChI=1S/C17H21N3O4S2/c1-10-4-5-13(8-11(10)2)16-19-20-17(24-16)25-12(3)15(21)18-14-6-7-26(22,23)9-14/h4-5,8,12,14H,6-7,9H2,1-3H3,(H,18,21)/t12-,14-/m0/s1. The Balaban J connectivity index is 1.61. The Bertz CT molecular complexity index is 924. The molecule has 1 aliphatic rings. The van der Waals surface area contributed by atoms with E-state index in [-0.39, 0.29) is 23.5 Å². The number of benzene rings is 1. The van der Waals surface area contributed by atoms with E-state index in [2.05, 4.69) is 15.5 Å². The molecule has 2 heterocycles. The molecule has 1 fully saturated rings. The van der Waals surface area contributed by atoms with Crippen molar-refractivity contribution in [2.75, 3.05) is 11.5 Å². The van der Waals surface area contributed by atoms with E-state index in [9.17, 15) is 13.2 Å². The van der Waals surface area contributed by atoms with E-state index in [0.29, 0.717) is 17.5 Å². The highest BCUT2D eigenvalue weighted by Gasteiger charge is 2.30. The van der Waals surface area contributed by atoms with Crippen LogP contribution in [0.3, 0.4) is 0 Å². The van der Waals surface area contributed by atoms with Crippen molar-refractivity contribution >= 4 is 27.5 Å². The average molecular weight is 396 g/mol. The summed E-state index contributed by atoms with van der Waals surface area (Å²) in [5, 5.41) is 10.7. The molecule has 7 nitrogen and oxygen atoms in total. The average Bonchev–Trinajstić information content (AvgIpc) is 3.16. The zero-order valence-electron chi connectivity index (χ0n) is 14.9. The number of rotatable bonds is 5. The molecule has 3 rings (SSSR count). The van der Waals surface area contributed by atoms with Gasteiger partial charge in [-0.15, -0.1) is 10.2 Å². The van der Waals surface area contributed by atoms with Gasteiger partial charge in [0.15, 0.2) is 9.84 Å². The van der Waals surface area contributed by atoms with Gasteiger partial charge in [0, 0.05) is 11.6 Å². The van der Waals surface area contributed by atoms with Gasteiger partial charge in [-0.3, -0.25) is 4.79 Å². The molecule has 0 bridgehead atoms. The highest BCUT2D eigenvalue weighted by atomic mass is 32.2. The molecule has 0 saturated carbocycles. The van der Waals surface area contributed by atoms with Gasteiger partial charge in [0.25, 0.3) is 5.22 Å². The Morgan fingerprint density at radius 3 is 2.73 bits per heavy atom. The minimum Gasteiger partial charge on any atom is -0.411 e. The number of amides is 1. The van der Waals surface area contributed by atoms with Crippen LogP contribution in [0.25, 0.3) is 11.5 Å². The number of nitrogens with zero attached hydrogens (tertiary/aromatic N) is 2. The van der Waals surface area contributed by atoms with Gasteiger partial charge < -0.3 is 9.73 Å². The SMILES string of the molecule is Cc1ccc(-c2nnc(S[C@@H](C)C(=O)N[C@H]3CCS(=O)(=O)C3)o2)cc1C. The number of thioether (sulfide) groups is 1. The third-order valence-electron chi connectivity index (χ3n) is 4.39. The van der Waals surface area contributed by atoms with Crippen molar-refractivity contribution in [3.8, 4) is 11.5 Å². The Labute approximate surface area is 156 Å². The molecule has 9 heteroatoms. The normalized spacial score (nSPS) is 20.0. The highest BCUT2D eigenvalue weighted by molar-refractivity contribution is 8.00. The number of carbonyl (C=O) groups excluding carboxylic acids is 1. The van der Waals surface area contributed by atoms with Gasteiger partial charge in [0.05, 0.1) is 16.8 Å². The van der Waals surface area contributed by atoms with Crippen LogP contribution in [0.5, 0.6) is 0 Å². The maximum Gasteiger partial charge on any atom is 0.277 e. The van der Waals surface area contributed by atoms with Crippen molar-refractivity contribution in [3.63, 3.8) is 0 Å². The molecule has 1 N–H and O–H groups in total. The van der Waals surface area contributed by atoms with Crippen LogP contribution in [-0.4, -0.2) is 47.3 Å². The van der Waals surface area contributed by atoms with E-state index in [1.165, 1.54) is 5.56 Å². The quantitative estimate of drug-likeness (QED) is 0.774. The van der Waals surface area contributed by atoms with Crippen molar-refractivity contribution in [2.45, 2.75) is 43.7 Å². The lowest BCUT2D eigenvalue weighted by Crippen LogP contribution is -2.39. The fourth-order valence-electron chi connectivity index (χ4n) is 2.68. The lowest BCUT2D eigenvalue weighted by atomic mass is 10.1. The summed E-state index contributed by atoms with van der Waals surface area (Å²) in [6.07, 6.45) is 0.461. The Morgan fingerprint density at radius 1 is 1.31 bits per heavy atom. The summed E-state index contributed by atoms with van der Waals surface area (Å²) in [5.41, 5.74) is 3.15. The van der Waals surface area contributed by atoms with Crippen molar-refractivity contribution in [2.24, 2.45) is 0 Å². The van der Waals surface area contributed by atoms with Crippen molar-refractivity contribution in [1.82, 2.24) is 15.5 Å². The van der Waals surface area contributed by atoms with Gasteiger partial charge in [-0.05, 0) is 50.5 Å². The molecule has 0 unspecified atom stereocenters. The Morgan fingerprint density at radius 2 is 2.08 bits per heavy atom. The zero-order valence-corrected chi connectivity index (χ0v) is 16.5. The van der Waals surface area contributed by atoms with Crippen LogP contribution >= 0.6 is 11.8 Å². The van der Waals surface area contributed by atoms with E-state index in [4.69, 9.17) is 4.42 Å². The molecule has 0 spiro atoms. The summed E-state index contributed by atoms with van der Waals surface area (Å²) in [5.74, 6) is 0.309. The molecule has 2 atom stereocenters. The molecule has 1 aromatic carbocycles. The number of aryl methyl sites for hydroxylation is 2. The summed E-state index contributed by atoms with van der Waals surface area (Å²) in [6.45, 7) is 5.77. The van der Waals surface area contributed by atoms with Crippen LogP contribution < -0.4 is 5.32 Å². The first-order chi connectivity index (χ1) is 12.2. The predicted octanol–water partition coefficient (Wildman–Crippen LogP) is 2.14. The fourth-order valence-corrected chi connectivity index (χ4v) is 5.05. The number of sulfone groups is 1. The topological polar surface area (TPSA) is 102 Å². The summed E-state index contributed by atoms with van der Waals surface area (Å²) in [7, 11) is -3.02. The summed E-state index contributed by atoms with van der Waals surface area (Å²) >= 11 is 1.16. The van der Waals surface area contributed by atoms with Gasteiger partial charge >= 0.3 is 0 Å². The molecule has 2 aromatic rings. The molecule has 0 radical (unpaired) electrons. The third-order valence-corrected chi connectivity index (χ3v) is 7.09. The maximum atomic E-state index is 12.3. The van der Waals surface area contributed by atoms with Gasteiger partial charge in [-0.1, -0.05) is 17.8 Å². The van der Waals surface area contributed by atoms with Crippen molar-refractivity contribution < 1.29 is 17.6 Å². The number of hydrogen-bond acceptors (Lipinski definition) is 7. The Kier molecular flexibility index (Phi) is 5.38. The number of carbonyl (C=O) groups is 1. The third kappa shape index (κ3) is 4.45. The molecule has 1 amide bonds. The fraction of sp³-hybridized carbons (Fsp3) is 0.471. The first kappa shape index (κ1) is 18.9. The second-order valence-corrected chi connectivity index (χ2v) is 10.1. The lowest BCUT2D eigenvalue weighted by molar-refractivity contribution is -0.120. The predicted molar refractivity (Wildman–Crippen MR) is 99.7 cm³/mol. The molecular weight excluding hydrogens is 374 g/mol. The monoisotopic (exact) mass is 395 g/mol. The highest BCUT2D eigenvalue weighted by Crippen LogP contribution is 2.27. The van der Waals surface area contributed by atoms with Gasteiger partial charge in [0.1, 0.15) is 0 Å². The molecular formula is C17H21N3O4S2. The number of nitrogens with one attached hydrogen (secondary N) is 1. The maximum absolute atomic E-state index is 12.3. The van der Waals surface area contributed by atoms with E-state index in [1.54, 1.807) is 6.92 Å². The van der Waals surface area contributed by atoms with E-state index in [0.717, 1.165) is 22.9 Å².